The molecule has 0 aromatic carbocycles. The van der Waals surface area contributed by atoms with E-state index in [0.717, 1.165) is 0 Å². The predicted octanol–water partition coefficient (Wildman–Crippen LogP) is -0.247. The molecule has 1 saturated heterocycles. The zero-order valence-corrected chi connectivity index (χ0v) is 10.7. The normalized spacial score (nSPS) is 17.8. The Labute approximate surface area is 102 Å². The van der Waals surface area contributed by atoms with Gasteiger partial charge in [0.25, 0.3) is 0 Å². The van der Waals surface area contributed by atoms with Crippen LogP contribution < -0.4 is 5.32 Å². The Balaban J connectivity index is 2.41. The second-order valence-electron chi connectivity index (χ2n) is 4.24. The first-order valence-corrected chi connectivity index (χ1v) is 5.86. The summed E-state index contributed by atoms with van der Waals surface area (Å²) in [4.78, 5) is 26.7. The first-order valence-electron chi connectivity index (χ1n) is 5.86. The van der Waals surface area contributed by atoms with Crippen molar-refractivity contribution in [3.63, 3.8) is 0 Å². The summed E-state index contributed by atoms with van der Waals surface area (Å²) in [5.74, 6) is 0.119. The number of carbonyl (C=O) groups excluding carboxylic acids is 2. The molecule has 1 heterocycles. The highest BCUT2D eigenvalue weighted by molar-refractivity contribution is 5.79. The maximum Gasteiger partial charge on any atom is 0.409 e. The van der Waals surface area contributed by atoms with Gasteiger partial charge in [0.2, 0.25) is 5.91 Å². The van der Waals surface area contributed by atoms with Gasteiger partial charge in [-0.05, 0) is 7.05 Å². The Morgan fingerprint density at radius 3 is 2.24 bits per heavy atom. The number of amides is 2. The molecule has 2 amide bonds. The van der Waals surface area contributed by atoms with Crippen molar-refractivity contribution in [2.45, 2.75) is 6.92 Å². The molecule has 1 aliphatic rings. The van der Waals surface area contributed by atoms with Gasteiger partial charge in [0.05, 0.1) is 7.11 Å². The van der Waals surface area contributed by atoms with Crippen molar-refractivity contribution in [1.82, 2.24) is 15.1 Å². The molecule has 1 aliphatic heterocycles. The van der Waals surface area contributed by atoms with Crippen LogP contribution in [0.2, 0.25) is 0 Å². The quantitative estimate of drug-likeness (QED) is 0.742. The summed E-state index contributed by atoms with van der Waals surface area (Å²) in [6.45, 7) is 4.85. The predicted molar refractivity (Wildman–Crippen MR) is 63.6 cm³/mol. The van der Waals surface area contributed by atoms with Crippen molar-refractivity contribution in [2.24, 2.45) is 5.92 Å². The number of nitrogens with zero attached hydrogens (tertiary/aromatic N) is 2. The maximum absolute atomic E-state index is 12.0. The molecule has 0 aromatic rings. The van der Waals surface area contributed by atoms with Crippen LogP contribution in [0.15, 0.2) is 0 Å². The fourth-order valence-electron chi connectivity index (χ4n) is 1.94. The van der Waals surface area contributed by atoms with E-state index in [-0.39, 0.29) is 17.9 Å². The van der Waals surface area contributed by atoms with Gasteiger partial charge in [0, 0.05) is 38.6 Å². The number of nitrogens with one attached hydrogen (secondary N) is 1. The standard InChI is InChI=1S/C11H21N3O3/c1-9(8-12-2)10(15)13-4-6-14(7-5-13)11(16)17-3/h9,12H,4-8H2,1-3H3. The fourth-order valence-corrected chi connectivity index (χ4v) is 1.94. The lowest BCUT2D eigenvalue weighted by Gasteiger charge is -2.35. The van der Waals surface area contributed by atoms with E-state index in [0.29, 0.717) is 32.7 Å². The lowest BCUT2D eigenvalue weighted by atomic mass is 10.1. The van der Waals surface area contributed by atoms with Gasteiger partial charge >= 0.3 is 6.09 Å². The summed E-state index contributed by atoms with van der Waals surface area (Å²) in [7, 11) is 3.20. The van der Waals surface area contributed by atoms with E-state index in [1.54, 1.807) is 9.80 Å². The van der Waals surface area contributed by atoms with E-state index < -0.39 is 0 Å². The molecular weight excluding hydrogens is 222 g/mol. The van der Waals surface area contributed by atoms with Crippen LogP contribution in [0.3, 0.4) is 0 Å². The molecule has 0 radical (unpaired) electrons. The Bertz CT molecular complexity index is 275. The highest BCUT2D eigenvalue weighted by Crippen LogP contribution is 2.07. The molecule has 1 fully saturated rings. The molecular formula is C11H21N3O3. The van der Waals surface area contributed by atoms with Crippen LogP contribution >= 0.6 is 0 Å². The van der Waals surface area contributed by atoms with Gasteiger partial charge in [-0.25, -0.2) is 4.79 Å². The van der Waals surface area contributed by atoms with Crippen LogP contribution in [0.4, 0.5) is 4.79 Å². The van der Waals surface area contributed by atoms with E-state index in [4.69, 9.17) is 0 Å². The summed E-state index contributed by atoms with van der Waals surface area (Å²) in [5, 5.41) is 2.99. The lowest BCUT2D eigenvalue weighted by molar-refractivity contribution is -0.136. The molecule has 17 heavy (non-hydrogen) atoms. The average molecular weight is 243 g/mol. The molecule has 1 N–H and O–H groups in total. The van der Waals surface area contributed by atoms with Crippen LogP contribution in [0.5, 0.6) is 0 Å². The number of piperazine rings is 1. The zero-order chi connectivity index (χ0) is 12.8. The van der Waals surface area contributed by atoms with Crippen molar-refractivity contribution >= 4 is 12.0 Å². The van der Waals surface area contributed by atoms with Crippen LogP contribution in [0.25, 0.3) is 0 Å². The smallest absolute Gasteiger partial charge is 0.409 e. The second kappa shape index (κ2) is 6.44. The minimum atomic E-state index is -0.319. The number of methoxy groups -OCH3 is 1. The molecule has 0 bridgehead atoms. The summed E-state index contributed by atoms with van der Waals surface area (Å²) in [6.07, 6.45) is -0.319. The zero-order valence-electron chi connectivity index (χ0n) is 10.7. The Kier molecular flexibility index (Phi) is 5.21. The van der Waals surface area contributed by atoms with E-state index in [1.807, 2.05) is 14.0 Å². The van der Waals surface area contributed by atoms with Crippen LogP contribution in [0.1, 0.15) is 6.92 Å². The number of hydrogen-bond acceptors (Lipinski definition) is 4. The molecule has 0 aromatic heterocycles. The van der Waals surface area contributed by atoms with Gasteiger partial charge in [0.15, 0.2) is 0 Å². The van der Waals surface area contributed by atoms with Crippen molar-refractivity contribution in [3.8, 4) is 0 Å². The third kappa shape index (κ3) is 3.59. The monoisotopic (exact) mass is 243 g/mol. The third-order valence-electron chi connectivity index (χ3n) is 2.96. The second-order valence-corrected chi connectivity index (χ2v) is 4.24. The molecule has 6 heteroatoms. The van der Waals surface area contributed by atoms with Gasteiger partial charge in [0.1, 0.15) is 0 Å². The van der Waals surface area contributed by atoms with Gasteiger partial charge in [-0.15, -0.1) is 0 Å². The third-order valence-corrected chi connectivity index (χ3v) is 2.96. The lowest BCUT2D eigenvalue weighted by Crippen LogP contribution is -2.52. The van der Waals surface area contributed by atoms with E-state index >= 15 is 0 Å². The van der Waals surface area contributed by atoms with E-state index in [9.17, 15) is 9.59 Å². The van der Waals surface area contributed by atoms with Crippen molar-refractivity contribution < 1.29 is 14.3 Å². The summed E-state index contributed by atoms with van der Waals surface area (Å²) >= 11 is 0. The molecule has 98 valence electrons. The molecule has 0 saturated carbocycles. The first kappa shape index (κ1) is 13.8. The Hall–Kier alpha value is -1.30. The van der Waals surface area contributed by atoms with Crippen molar-refractivity contribution in [3.05, 3.63) is 0 Å². The summed E-state index contributed by atoms with van der Waals surface area (Å²) in [5.41, 5.74) is 0. The minimum Gasteiger partial charge on any atom is -0.453 e. The largest absolute Gasteiger partial charge is 0.453 e. The van der Waals surface area contributed by atoms with Crippen LogP contribution in [0, 0.1) is 5.92 Å². The van der Waals surface area contributed by atoms with Gasteiger partial charge in [-0.2, -0.15) is 0 Å². The Morgan fingerprint density at radius 2 is 1.76 bits per heavy atom. The molecule has 1 atom stereocenters. The highest BCUT2D eigenvalue weighted by atomic mass is 16.5. The number of ether oxygens (including phenoxy) is 1. The molecule has 1 rings (SSSR count). The summed E-state index contributed by atoms with van der Waals surface area (Å²) in [6, 6.07) is 0. The minimum absolute atomic E-state index is 0.0234. The van der Waals surface area contributed by atoms with Crippen molar-refractivity contribution in [1.29, 1.82) is 0 Å². The van der Waals surface area contributed by atoms with Gasteiger partial charge < -0.3 is 19.9 Å². The van der Waals surface area contributed by atoms with Crippen LogP contribution in [-0.2, 0) is 9.53 Å². The number of rotatable bonds is 3. The van der Waals surface area contributed by atoms with Crippen LogP contribution in [-0.4, -0.2) is 68.7 Å². The maximum atomic E-state index is 12.0. The van der Waals surface area contributed by atoms with E-state index in [2.05, 4.69) is 10.1 Å². The van der Waals surface area contributed by atoms with Gasteiger partial charge in [-0.1, -0.05) is 6.92 Å². The highest BCUT2D eigenvalue weighted by Gasteiger charge is 2.26. The number of hydrogen-bond donors (Lipinski definition) is 1. The number of carbonyl (C=O) groups is 2. The average Bonchev–Trinajstić information content (AvgIpc) is 2.37. The topological polar surface area (TPSA) is 61.9 Å². The van der Waals surface area contributed by atoms with Crippen molar-refractivity contribution in [2.75, 3.05) is 46.9 Å². The van der Waals surface area contributed by atoms with E-state index in [1.165, 1.54) is 7.11 Å². The first-order chi connectivity index (χ1) is 8.10. The van der Waals surface area contributed by atoms with Gasteiger partial charge in [-0.3, -0.25) is 4.79 Å². The molecule has 1 unspecified atom stereocenters. The Morgan fingerprint density at radius 1 is 1.24 bits per heavy atom. The summed E-state index contributed by atoms with van der Waals surface area (Å²) < 4.78 is 4.64. The molecule has 0 aliphatic carbocycles. The SMILES string of the molecule is CNCC(C)C(=O)N1CCN(C(=O)OC)CC1. The molecule has 6 nitrogen and oxygen atoms in total. The fraction of sp³-hybridized carbons (Fsp3) is 0.818. The molecule has 0 spiro atoms.